The van der Waals surface area contributed by atoms with Crippen LogP contribution in [0.15, 0.2) is 10.6 Å². The minimum Gasteiger partial charge on any atom is -0.299 e. The smallest absolute Gasteiger partial charge is 0.173 e. The van der Waals surface area contributed by atoms with Gasteiger partial charge in [-0.3, -0.25) is 9.59 Å². The molecule has 0 heterocycles. The fourth-order valence-electron chi connectivity index (χ4n) is 3.07. The van der Waals surface area contributed by atoms with Gasteiger partial charge in [0.05, 0.1) is 4.48 Å². The molecule has 3 heteroatoms. The number of fused-ring (bicyclic) bond motifs is 3. The topological polar surface area (TPSA) is 34.1 Å². The van der Waals surface area contributed by atoms with E-state index >= 15 is 0 Å². The lowest BCUT2D eigenvalue weighted by molar-refractivity contribution is -0.138. The van der Waals surface area contributed by atoms with Crippen LogP contribution in [0.1, 0.15) is 12.8 Å². The van der Waals surface area contributed by atoms with E-state index < -0.39 is 0 Å². The Morgan fingerprint density at radius 2 is 2.08 bits per heavy atom. The third-order valence-electron chi connectivity index (χ3n) is 3.66. The Balaban J connectivity index is 1.98. The maximum absolute atomic E-state index is 11.7. The average molecular weight is 241 g/mol. The molecule has 2 saturated carbocycles. The van der Waals surface area contributed by atoms with Gasteiger partial charge in [0.2, 0.25) is 0 Å². The second kappa shape index (κ2) is 2.32. The van der Waals surface area contributed by atoms with Gasteiger partial charge in [0.1, 0.15) is 5.78 Å². The molecule has 0 spiro atoms. The molecule has 0 radical (unpaired) electrons. The highest BCUT2D eigenvalue weighted by Gasteiger charge is 2.57. The molecule has 4 atom stereocenters. The lowest BCUT2D eigenvalue weighted by atomic mass is 9.70. The largest absolute Gasteiger partial charge is 0.299 e. The molecule has 2 fully saturated rings. The molecule has 3 aliphatic rings. The number of allylic oxidation sites excluding steroid dienone is 2. The summed E-state index contributed by atoms with van der Waals surface area (Å²) in [7, 11) is 0. The minimum atomic E-state index is 0.000579. The summed E-state index contributed by atoms with van der Waals surface area (Å²) in [4.78, 5) is 23.0. The van der Waals surface area contributed by atoms with Crippen LogP contribution >= 0.6 is 15.9 Å². The summed E-state index contributed by atoms with van der Waals surface area (Å²) in [6.45, 7) is 0. The van der Waals surface area contributed by atoms with Crippen molar-refractivity contribution in [3.63, 3.8) is 0 Å². The fraction of sp³-hybridized carbons (Fsp3) is 0.600. The number of carbonyl (C=O) groups excluding carboxylic acids is 2. The first kappa shape index (κ1) is 7.92. The summed E-state index contributed by atoms with van der Waals surface area (Å²) in [5.41, 5.74) is 0. The Labute approximate surface area is 84.5 Å². The Morgan fingerprint density at radius 1 is 1.31 bits per heavy atom. The zero-order valence-electron chi connectivity index (χ0n) is 7.00. The highest BCUT2D eigenvalue weighted by Crippen LogP contribution is 2.55. The average Bonchev–Trinajstić information content (AvgIpc) is 2.48. The SMILES string of the molecule is O=C1C(Br)=CC2CC3CC(=O)C3C12. The van der Waals surface area contributed by atoms with Crippen molar-refractivity contribution in [2.75, 3.05) is 0 Å². The van der Waals surface area contributed by atoms with E-state index in [-0.39, 0.29) is 17.6 Å². The molecule has 68 valence electrons. The molecule has 13 heavy (non-hydrogen) atoms. The van der Waals surface area contributed by atoms with E-state index in [4.69, 9.17) is 0 Å². The zero-order chi connectivity index (χ0) is 9.16. The number of rotatable bonds is 0. The molecule has 4 unspecified atom stereocenters. The molecule has 0 aromatic rings. The number of carbonyl (C=O) groups is 2. The molecule has 0 aromatic carbocycles. The first-order valence-electron chi connectivity index (χ1n) is 4.62. The van der Waals surface area contributed by atoms with Gasteiger partial charge in [0, 0.05) is 18.3 Å². The summed E-state index contributed by atoms with van der Waals surface area (Å²) in [6.07, 6.45) is 3.76. The van der Waals surface area contributed by atoms with Crippen LogP contribution in [-0.2, 0) is 9.59 Å². The normalized spacial score (nSPS) is 47.0. The van der Waals surface area contributed by atoms with Crippen LogP contribution in [0.5, 0.6) is 0 Å². The van der Waals surface area contributed by atoms with E-state index in [9.17, 15) is 9.59 Å². The van der Waals surface area contributed by atoms with Gasteiger partial charge in [-0.1, -0.05) is 6.08 Å². The molecule has 0 N–H and O–H groups in total. The van der Waals surface area contributed by atoms with Crippen molar-refractivity contribution >= 4 is 27.5 Å². The van der Waals surface area contributed by atoms with Crippen molar-refractivity contribution in [2.24, 2.45) is 23.7 Å². The van der Waals surface area contributed by atoms with Crippen molar-refractivity contribution in [1.82, 2.24) is 0 Å². The van der Waals surface area contributed by atoms with Crippen LogP contribution < -0.4 is 0 Å². The molecule has 3 rings (SSSR count). The first-order chi connectivity index (χ1) is 6.18. The van der Waals surface area contributed by atoms with Crippen LogP contribution in [0, 0.1) is 23.7 Å². The Kier molecular flexibility index (Phi) is 1.41. The monoisotopic (exact) mass is 240 g/mol. The highest BCUT2D eigenvalue weighted by molar-refractivity contribution is 9.12. The van der Waals surface area contributed by atoms with Gasteiger partial charge in [-0.05, 0) is 34.2 Å². The number of ketones is 2. The number of halogens is 1. The Morgan fingerprint density at radius 3 is 2.77 bits per heavy atom. The summed E-state index contributed by atoms with van der Waals surface area (Å²) in [6, 6.07) is 0. The van der Waals surface area contributed by atoms with Crippen molar-refractivity contribution in [3.05, 3.63) is 10.6 Å². The Hall–Kier alpha value is -0.440. The summed E-state index contributed by atoms with van der Waals surface area (Å²) < 4.78 is 0.695. The van der Waals surface area contributed by atoms with Crippen molar-refractivity contribution < 1.29 is 9.59 Å². The second-order valence-corrected chi connectivity index (χ2v) is 5.11. The quantitative estimate of drug-likeness (QED) is 0.646. The summed E-state index contributed by atoms with van der Waals surface area (Å²) in [5, 5.41) is 0. The molecule has 0 aromatic heterocycles. The summed E-state index contributed by atoms with van der Waals surface area (Å²) in [5.74, 6) is 1.41. The van der Waals surface area contributed by atoms with Crippen LogP contribution in [0.3, 0.4) is 0 Å². The number of hydrogen-bond donors (Lipinski definition) is 0. The van der Waals surface area contributed by atoms with Gasteiger partial charge in [-0.25, -0.2) is 0 Å². The Bertz CT molecular complexity index is 345. The predicted molar refractivity (Wildman–Crippen MR) is 50.2 cm³/mol. The van der Waals surface area contributed by atoms with E-state index in [1.807, 2.05) is 6.08 Å². The maximum atomic E-state index is 11.7. The number of Topliss-reactive ketones (excluding diaryl/α,β-unsaturated/α-hetero) is 2. The highest BCUT2D eigenvalue weighted by atomic mass is 79.9. The van der Waals surface area contributed by atoms with E-state index in [1.165, 1.54) is 0 Å². The fourth-order valence-corrected chi connectivity index (χ4v) is 3.67. The van der Waals surface area contributed by atoms with Crippen LogP contribution in [0.2, 0.25) is 0 Å². The van der Waals surface area contributed by atoms with E-state index in [2.05, 4.69) is 15.9 Å². The maximum Gasteiger partial charge on any atom is 0.173 e. The lowest BCUT2D eigenvalue weighted by Crippen LogP contribution is -2.39. The van der Waals surface area contributed by atoms with E-state index in [1.54, 1.807) is 0 Å². The standard InChI is InChI=1S/C10H9BrO2/c11-6-2-4-1-5-3-7(12)8(5)9(4)10(6)13/h2,4-5,8-9H,1,3H2. The van der Waals surface area contributed by atoms with Crippen LogP contribution in [-0.4, -0.2) is 11.6 Å². The van der Waals surface area contributed by atoms with E-state index in [0.717, 1.165) is 12.8 Å². The molecule has 0 bridgehead atoms. The van der Waals surface area contributed by atoms with Gasteiger partial charge in [-0.15, -0.1) is 0 Å². The molecular formula is C10H9BrO2. The van der Waals surface area contributed by atoms with Crippen LogP contribution in [0.4, 0.5) is 0 Å². The third-order valence-corrected chi connectivity index (χ3v) is 4.32. The van der Waals surface area contributed by atoms with Crippen molar-refractivity contribution in [2.45, 2.75) is 12.8 Å². The van der Waals surface area contributed by atoms with Gasteiger partial charge >= 0.3 is 0 Å². The molecule has 0 saturated heterocycles. The van der Waals surface area contributed by atoms with Crippen LogP contribution in [0.25, 0.3) is 0 Å². The number of hydrogen-bond acceptors (Lipinski definition) is 2. The second-order valence-electron chi connectivity index (χ2n) is 4.26. The zero-order valence-corrected chi connectivity index (χ0v) is 8.58. The molecular weight excluding hydrogens is 232 g/mol. The predicted octanol–water partition coefficient (Wildman–Crippen LogP) is 1.69. The molecule has 0 amide bonds. The third kappa shape index (κ3) is 0.836. The first-order valence-corrected chi connectivity index (χ1v) is 5.42. The minimum absolute atomic E-state index is 0.000579. The van der Waals surface area contributed by atoms with Gasteiger partial charge in [0.15, 0.2) is 5.78 Å². The van der Waals surface area contributed by atoms with Gasteiger partial charge in [0.25, 0.3) is 0 Å². The van der Waals surface area contributed by atoms with Crippen molar-refractivity contribution in [3.8, 4) is 0 Å². The van der Waals surface area contributed by atoms with Gasteiger partial charge in [-0.2, -0.15) is 0 Å². The molecule has 3 aliphatic carbocycles. The van der Waals surface area contributed by atoms with Crippen molar-refractivity contribution in [1.29, 1.82) is 0 Å². The lowest BCUT2D eigenvalue weighted by Gasteiger charge is -2.31. The summed E-state index contributed by atoms with van der Waals surface area (Å²) >= 11 is 3.25. The molecule has 2 nitrogen and oxygen atoms in total. The van der Waals surface area contributed by atoms with E-state index in [0.29, 0.717) is 22.1 Å². The van der Waals surface area contributed by atoms with Gasteiger partial charge < -0.3 is 0 Å². The molecule has 0 aliphatic heterocycles.